The lowest BCUT2D eigenvalue weighted by Crippen LogP contribution is -2.24. The van der Waals surface area contributed by atoms with Crippen LogP contribution in [0.3, 0.4) is 0 Å². The molecule has 0 bridgehead atoms. The normalized spacial score (nSPS) is 10.9. The molecule has 0 atom stereocenters. The molecule has 0 spiro atoms. The number of hydrogen-bond donors (Lipinski definition) is 1. The Balaban J connectivity index is 2.61. The van der Waals surface area contributed by atoms with E-state index in [2.05, 4.69) is 10.3 Å². The third-order valence-corrected chi connectivity index (χ3v) is 3.05. The lowest BCUT2D eigenvalue weighted by Gasteiger charge is -2.06. The van der Waals surface area contributed by atoms with Gasteiger partial charge < -0.3 is 9.88 Å². The van der Waals surface area contributed by atoms with Crippen LogP contribution in [0.1, 0.15) is 11.4 Å². The smallest absolute Gasteiger partial charge is 0.239 e. The summed E-state index contributed by atoms with van der Waals surface area (Å²) in [6.07, 6.45) is 0. The standard InChI is InChI=1S/C12H13ClFN3O/c1-7-3-10-9(4-8(7)14)16-11(5-13)17(10)6-12(18)15-2/h3-4H,5-6H2,1-2H3,(H,15,18). The fourth-order valence-corrected chi connectivity index (χ4v) is 2.01. The van der Waals surface area contributed by atoms with Gasteiger partial charge in [0.15, 0.2) is 0 Å². The average Bonchev–Trinajstić information content (AvgIpc) is 2.67. The summed E-state index contributed by atoms with van der Waals surface area (Å²) in [7, 11) is 1.56. The van der Waals surface area contributed by atoms with Crippen molar-refractivity contribution < 1.29 is 9.18 Å². The molecule has 1 heterocycles. The van der Waals surface area contributed by atoms with E-state index in [1.54, 1.807) is 24.6 Å². The molecule has 2 aromatic rings. The Morgan fingerprint density at radius 3 is 2.89 bits per heavy atom. The van der Waals surface area contributed by atoms with Crippen LogP contribution in [-0.2, 0) is 17.2 Å². The molecule has 0 saturated carbocycles. The van der Waals surface area contributed by atoms with Crippen molar-refractivity contribution in [1.82, 2.24) is 14.9 Å². The summed E-state index contributed by atoms with van der Waals surface area (Å²) in [6, 6.07) is 3.04. The molecule has 18 heavy (non-hydrogen) atoms. The molecule has 0 aliphatic heterocycles. The number of carbonyl (C=O) groups excluding carboxylic acids is 1. The third kappa shape index (κ3) is 2.18. The number of nitrogens with one attached hydrogen (secondary N) is 1. The lowest BCUT2D eigenvalue weighted by atomic mass is 10.2. The predicted octanol–water partition coefficient (Wildman–Crippen LogP) is 1.97. The first-order valence-corrected chi connectivity index (χ1v) is 6.02. The summed E-state index contributed by atoms with van der Waals surface area (Å²) >= 11 is 5.80. The molecule has 0 aliphatic rings. The summed E-state index contributed by atoms with van der Waals surface area (Å²) in [4.78, 5) is 15.7. The fourth-order valence-electron chi connectivity index (χ4n) is 1.80. The molecule has 1 aromatic carbocycles. The number of aromatic nitrogens is 2. The molecule has 0 radical (unpaired) electrons. The van der Waals surface area contributed by atoms with Gasteiger partial charge in [-0.25, -0.2) is 9.37 Å². The Kier molecular flexibility index (Phi) is 3.52. The van der Waals surface area contributed by atoms with Gasteiger partial charge in [-0.2, -0.15) is 0 Å². The second-order valence-electron chi connectivity index (χ2n) is 4.01. The van der Waals surface area contributed by atoms with E-state index in [9.17, 15) is 9.18 Å². The number of aryl methyl sites for hydroxylation is 1. The summed E-state index contributed by atoms with van der Waals surface area (Å²) in [5.74, 6) is 0.267. The maximum Gasteiger partial charge on any atom is 0.239 e. The minimum Gasteiger partial charge on any atom is -0.358 e. The van der Waals surface area contributed by atoms with Gasteiger partial charge in [0, 0.05) is 13.1 Å². The highest BCUT2D eigenvalue weighted by molar-refractivity contribution is 6.16. The Bertz CT molecular complexity index is 609. The molecule has 96 valence electrons. The molecule has 4 nitrogen and oxygen atoms in total. The topological polar surface area (TPSA) is 46.9 Å². The van der Waals surface area contributed by atoms with E-state index in [0.717, 1.165) is 0 Å². The van der Waals surface area contributed by atoms with Crippen LogP contribution < -0.4 is 5.32 Å². The molecular weight excluding hydrogens is 257 g/mol. The first-order chi connectivity index (χ1) is 8.56. The van der Waals surface area contributed by atoms with Crippen LogP contribution in [0.2, 0.25) is 0 Å². The van der Waals surface area contributed by atoms with Crippen LogP contribution in [-0.4, -0.2) is 22.5 Å². The average molecular weight is 270 g/mol. The summed E-state index contributed by atoms with van der Waals surface area (Å²) in [6.45, 7) is 1.80. The van der Waals surface area contributed by atoms with Crippen molar-refractivity contribution in [1.29, 1.82) is 0 Å². The molecule has 1 N–H and O–H groups in total. The largest absolute Gasteiger partial charge is 0.358 e. The van der Waals surface area contributed by atoms with E-state index in [-0.39, 0.29) is 24.1 Å². The number of halogens is 2. The molecule has 1 amide bonds. The van der Waals surface area contributed by atoms with Crippen molar-refractivity contribution in [3.05, 3.63) is 29.3 Å². The summed E-state index contributed by atoms with van der Waals surface area (Å²) in [5, 5.41) is 2.54. The highest BCUT2D eigenvalue weighted by Crippen LogP contribution is 2.21. The number of fused-ring (bicyclic) bond motifs is 1. The molecule has 1 aromatic heterocycles. The van der Waals surface area contributed by atoms with Crippen LogP contribution in [0.5, 0.6) is 0 Å². The molecule has 0 saturated heterocycles. The minimum absolute atomic E-state index is 0.125. The lowest BCUT2D eigenvalue weighted by molar-refractivity contribution is -0.121. The van der Waals surface area contributed by atoms with Gasteiger partial charge in [-0.05, 0) is 18.6 Å². The van der Waals surface area contributed by atoms with Crippen molar-refractivity contribution >= 4 is 28.5 Å². The number of carbonyl (C=O) groups is 1. The molecule has 2 rings (SSSR count). The van der Waals surface area contributed by atoms with Crippen molar-refractivity contribution in [2.24, 2.45) is 0 Å². The van der Waals surface area contributed by atoms with E-state index in [1.165, 1.54) is 6.07 Å². The van der Waals surface area contributed by atoms with Crippen LogP contribution in [0.25, 0.3) is 11.0 Å². The van der Waals surface area contributed by atoms with Gasteiger partial charge in [0.1, 0.15) is 18.2 Å². The number of nitrogens with zero attached hydrogens (tertiary/aromatic N) is 2. The van der Waals surface area contributed by atoms with Gasteiger partial charge in [0.2, 0.25) is 5.91 Å². The van der Waals surface area contributed by atoms with Crippen LogP contribution >= 0.6 is 11.6 Å². The number of amides is 1. The number of hydrogen-bond acceptors (Lipinski definition) is 2. The molecule has 0 fully saturated rings. The van der Waals surface area contributed by atoms with Gasteiger partial charge in [-0.15, -0.1) is 11.6 Å². The first-order valence-electron chi connectivity index (χ1n) is 5.48. The highest BCUT2D eigenvalue weighted by atomic mass is 35.5. The Morgan fingerprint density at radius 1 is 1.56 bits per heavy atom. The van der Waals surface area contributed by atoms with Gasteiger partial charge in [-0.1, -0.05) is 0 Å². The van der Waals surface area contributed by atoms with Gasteiger partial charge >= 0.3 is 0 Å². The predicted molar refractivity (Wildman–Crippen MR) is 68.1 cm³/mol. The molecule has 6 heteroatoms. The van der Waals surface area contributed by atoms with Crippen LogP contribution in [0.15, 0.2) is 12.1 Å². The van der Waals surface area contributed by atoms with Gasteiger partial charge in [0.05, 0.1) is 16.9 Å². The second kappa shape index (κ2) is 4.94. The van der Waals surface area contributed by atoms with Gasteiger partial charge in [0.25, 0.3) is 0 Å². The van der Waals surface area contributed by atoms with Gasteiger partial charge in [-0.3, -0.25) is 4.79 Å². The minimum atomic E-state index is -0.312. The van der Waals surface area contributed by atoms with Crippen molar-refractivity contribution in [2.75, 3.05) is 7.05 Å². The maximum absolute atomic E-state index is 13.5. The molecular formula is C12H13ClFN3O. The second-order valence-corrected chi connectivity index (χ2v) is 4.28. The third-order valence-electron chi connectivity index (χ3n) is 2.81. The number of alkyl halides is 1. The van der Waals surface area contributed by atoms with Crippen molar-refractivity contribution in [3.63, 3.8) is 0 Å². The van der Waals surface area contributed by atoms with E-state index in [1.807, 2.05) is 0 Å². The summed E-state index contributed by atoms with van der Waals surface area (Å²) < 4.78 is 15.2. The van der Waals surface area contributed by atoms with E-state index in [4.69, 9.17) is 11.6 Å². The Labute approximate surface area is 109 Å². The number of imidazole rings is 1. The summed E-state index contributed by atoms with van der Waals surface area (Å²) in [5.41, 5.74) is 1.74. The van der Waals surface area contributed by atoms with E-state index >= 15 is 0 Å². The number of rotatable bonds is 3. The van der Waals surface area contributed by atoms with E-state index in [0.29, 0.717) is 22.4 Å². The molecule has 0 unspecified atom stereocenters. The quantitative estimate of drug-likeness (QED) is 0.866. The van der Waals surface area contributed by atoms with Crippen LogP contribution in [0.4, 0.5) is 4.39 Å². The number of benzene rings is 1. The van der Waals surface area contributed by atoms with Crippen molar-refractivity contribution in [2.45, 2.75) is 19.3 Å². The maximum atomic E-state index is 13.5. The van der Waals surface area contributed by atoms with Crippen molar-refractivity contribution in [3.8, 4) is 0 Å². The molecule has 0 aliphatic carbocycles. The Hall–Kier alpha value is -1.62. The fraction of sp³-hybridized carbons (Fsp3) is 0.333. The highest BCUT2D eigenvalue weighted by Gasteiger charge is 2.14. The van der Waals surface area contributed by atoms with Crippen LogP contribution in [0, 0.1) is 12.7 Å². The monoisotopic (exact) mass is 269 g/mol. The number of likely N-dealkylation sites (N-methyl/N-ethyl adjacent to an activating group) is 1. The zero-order valence-electron chi connectivity index (χ0n) is 10.1. The Morgan fingerprint density at radius 2 is 2.28 bits per heavy atom. The zero-order valence-corrected chi connectivity index (χ0v) is 10.9. The first kappa shape index (κ1) is 12.8. The zero-order chi connectivity index (χ0) is 13.3. The van der Waals surface area contributed by atoms with E-state index < -0.39 is 0 Å². The SMILES string of the molecule is CNC(=O)Cn1c(CCl)nc2cc(F)c(C)cc21.